The van der Waals surface area contributed by atoms with Crippen molar-refractivity contribution in [3.63, 3.8) is 0 Å². The first-order valence-corrected chi connectivity index (χ1v) is 7.63. The molecule has 114 valence electrons. The lowest BCUT2D eigenvalue weighted by Gasteiger charge is -2.17. The van der Waals surface area contributed by atoms with Crippen molar-refractivity contribution < 1.29 is 9.47 Å². The van der Waals surface area contributed by atoms with Gasteiger partial charge in [-0.3, -0.25) is 0 Å². The molecule has 0 fully saturated rings. The summed E-state index contributed by atoms with van der Waals surface area (Å²) in [5, 5.41) is 7.61. The minimum Gasteiger partial charge on any atom is -0.454 e. The van der Waals surface area contributed by atoms with Crippen LogP contribution in [0.1, 0.15) is 18.5 Å². The lowest BCUT2D eigenvalue weighted by molar-refractivity contribution is 0.174. The van der Waals surface area contributed by atoms with Crippen LogP contribution in [0, 0.1) is 0 Å². The van der Waals surface area contributed by atoms with Crippen LogP contribution < -0.4 is 20.1 Å². The molecule has 1 atom stereocenters. The summed E-state index contributed by atoms with van der Waals surface area (Å²) in [6, 6.07) is 13.3. The molecule has 2 aromatic rings. The van der Waals surface area contributed by atoms with E-state index in [4.69, 9.17) is 33.3 Å². The number of benzene rings is 2. The first-order chi connectivity index (χ1) is 10.6. The zero-order valence-corrected chi connectivity index (χ0v) is 13.5. The van der Waals surface area contributed by atoms with E-state index in [2.05, 4.69) is 10.6 Å². The van der Waals surface area contributed by atoms with Crippen LogP contribution in [-0.4, -0.2) is 11.9 Å². The second kappa shape index (κ2) is 6.42. The van der Waals surface area contributed by atoms with E-state index < -0.39 is 0 Å². The third-order valence-electron chi connectivity index (χ3n) is 3.35. The highest BCUT2D eigenvalue weighted by Gasteiger charge is 2.16. The predicted octanol–water partition coefficient (Wildman–Crippen LogP) is 4.12. The number of nitrogens with one attached hydrogen (secondary N) is 2. The lowest BCUT2D eigenvalue weighted by atomic mass is 10.1. The van der Waals surface area contributed by atoms with E-state index in [-0.39, 0.29) is 12.8 Å². The summed E-state index contributed by atoms with van der Waals surface area (Å²) in [6.45, 7) is 2.31. The summed E-state index contributed by atoms with van der Waals surface area (Å²) in [5.74, 6) is 1.54. The molecule has 0 spiro atoms. The maximum absolute atomic E-state index is 5.86. The Morgan fingerprint density at radius 1 is 1.14 bits per heavy atom. The van der Waals surface area contributed by atoms with Gasteiger partial charge in [0.05, 0.1) is 6.04 Å². The molecule has 0 aliphatic carbocycles. The van der Waals surface area contributed by atoms with Crippen LogP contribution in [0.2, 0.25) is 5.02 Å². The van der Waals surface area contributed by atoms with E-state index >= 15 is 0 Å². The molecule has 2 N–H and O–H groups in total. The second-order valence-electron chi connectivity index (χ2n) is 4.94. The van der Waals surface area contributed by atoms with E-state index in [1.54, 1.807) is 0 Å². The van der Waals surface area contributed by atoms with Crippen LogP contribution in [0.5, 0.6) is 11.5 Å². The molecule has 0 radical (unpaired) electrons. The Balaban J connectivity index is 1.62. The second-order valence-corrected chi connectivity index (χ2v) is 5.78. The molecular formula is C16H15ClN2O2S. The van der Waals surface area contributed by atoms with E-state index in [0.29, 0.717) is 10.1 Å². The zero-order valence-electron chi connectivity index (χ0n) is 11.9. The number of thiocarbonyl (C=S) groups is 1. The number of hydrogen-bond donors (Lipinski definition) is 2. The van der Waals surface area contributed by atoms with Crippen molar-refractivity contribution in [3.8, 4) is 11.5 Å². The van der Waals surface area contributed by atoms with Crippen molar-refractivity contribution in [1.82, 2.24) is 5.32 Å². The van der Waals surface area contributed by atoms with Crippen LogP contribution in [0.15, 0.2) is 42.5 Å². The van der Waals surface area contributed by atoms with Gasteiger partial charge in [-0.1, -0.05) is 17.7 Å². The van der Waals surface area contributed by atoms with Gasteiger partial charge >= 0.3 is 0 Å². The quantitative estimate of drug-likeness (QED) is 0.827. The standard InChI is InChI=1S/C16H15ClN2O2S/c1-10(11-2-7-14-15(8-11)21-9-20-14)18-16(22)19-13-5-3-12(17)4-6-13/h2-8,10H,9H2,1H3,(H2,18,19,22). The van der Waals surface area contributed by atoms with Gasteiger partial charge in [-0.2, -0.15) is 0 Å². The highest BCUT2D eigenvalue weighted by molar-refractivity contribution is 7.80. The molecule has 0 saturated carbocycles. The van der Waals surface area contributed by atoms with Crippen molar-refractivity contribution in [2.24, 2.45) is 0 Å². The molecule has 2 aromatic carbocycles. The molecule has 0 amide bonds. The minimum atomic E-state index is 0.0433. The van der Waals surface area contributed by atoms with Crippen molar-refractivity contribution >= 4 is 34.6 Å². The fourth-order valence-electron chi connectivity index (χ4n) is 2.16. The van der Waals surface area contributed by atoms with E-state index in [0.717, 1.165) is 22.7 Å². The first kappa shape index (κ1) is 14.9. The van der Waals surface area contributed by atoms with Gasteiger partial charge in [0.15, 0.2) is 16.6 Å². The van der Waals surface area contributed by atoms with Crippen LogP contribution in [0.4, 0.5) is 5.69 Å². The number of anilines is 1. The maximum atomic E-state index is 5.86. The van der Waals surface area contributed by atoms with E-state index in [9.17, 15) is 0 Å². The molecule has 4 nitrogen and oxygen atoms in total. The van der Waals surface area contributed by atoms with Crippen LogP contribution in [0.3, 0.4) is 0 Å². The van der Waals surface area contributed by atoms with E-state index in [1.807, 2.05) is 49.4 Å². The van der Waals surface area contributed by atoms with Crippen molar-refractivity contribution in [2.45, 2.75) is 13.0 Å². The SMILES string of the molecule is CC(NC(=S)Nc1ccc(Cl)cc1)c1ccc2c(c1)OCO2. The first-order valence-electron chi connectivity index (χ1n) is 6.84. The molecule has 0 bridgehead atoms. The third-order valence-corrected chi connectivity index (χ3v) is 3.82. The molecule has 22 heavy (non-hydrogen) atoms. The molecule has 1 unspecified atom stereocenters. The van der Waals surface area contributed by atoms with Gasteiger partial charge in [-0.15, -0.1) is 0 Å². The number of ether oxygens (including phenoxy) is 2. The van der Waals surface area contributed by atoms with Gasteiger partial charge in [0.1, 0.15) is 0 Å². The molecule has 1 aliphatic heterocycles. The molecule has 0 saturated heterocycles. The molecule has 1 heterocycles. The van der Waals surface area contributed by atoms with Crippen LogP contribution in [0.25, 0.3) is 0 Å². The minimum absolute atomic E-state index is 0.0433. The Morgan fingerprint density at radius 2 is 1.86 bits per heavy atom. The Hall–Kier alpha value is -1.98. The van der Waals surface area contributed by atoms with Gasteiger partial charge in [-0.05, 0) is 61.1 Å². The monoisotopic (exact) mass is 334 g/mol. The Labute approximate surface area is 139 Å². The zero-order chi connectivity index (χ0) is 15.5. The van der Waals surface area contributed by atoms with Gasteiger partial charge in [0.25, 0.3) is 0 Å². The Kier molecular flexibility index (Phi) is 4.36. The molecule has 3 rings (SSSR count). The average Bonchev–Trinajstić information content (AvgIpc) is 2.97. The van der Waals surface area contributed by atoms with Crippen molar-refractivity contribution in [1.29, 1.82) is 0 Å². The van der Waals surface area contributed by atoms with Crippen molar-refractivity contribution in [2.75, 3.05) is 12.1 Å². The normalized spacial score (nSPS) is 13.5. The molecule has 6 heteroatoms. The molecular weight excluding hydrogens is 320 g/mol. The van der Waals surface area contributed by atoms with Gasteiger partial charge in [-0.25, -0.2) is 0 Å². The Morgan fingerprint density at radius 3 is 2.64 bits per heavy atom. The maximum Gasteiger partial charge on any atom is 0.231 e. The summed E-state index contributed by atoms with van der Waals surface area (Å²) in [6.07, 6.45) is 0. The van der Waals surface area contributed by atoms with Gasteiger partial charge in [0, 0.05) is 10.7 Å². The number of rotatable bonds is 3. The van der Waals surface area contributed by atoms with Crippen LogP contribution in [-0.2, 0) is 0 Å². The van der Waals surface area contributed by atoms with Crippen LogP contribution >= 0.6 is 23.8 Å². The van der Waals surface area contributed by atoms with E-state index in [1.165, 1.54) is 0 Å². The number of halogens is 1. The lowest BCUT2D eigenvalue weighted by Crippen LogP contribution is -2.30. The largest absolute Gasteiger partial charge is 0.454 e. The average molecular weight is 335 g/mol. The fraction of sp³-hybridized carbons (Fsp3) is 0.188. The van der Waals surface area contributed by atoms with Crippen molar-refractivity contribution in [3.05, 3.63) is 53.1 Å². The highest BCUT2D eigenvalue weighted by atomic mass is 35.5. The number of hydrogen-bond acceptors (Lipinski definition) is 3. The molecule has 1 aliphatic rings. The smallest absolute Gasteiger partial charge is 0.231 e. The summed E-state index contributed by atoms with van der Waals surface area (Å²) in [4.78, 5) is 0. The van der Waals surface area contributed by atoms with Gasteiger partial charge in [0.2, 0.25) is 6.79 Å². The number of fused-ring (bicyclic) bond motifs is 1. The third kappa shape index (κ3) is 3.43. The van der Waals surface area contributed by atoms with Gasteiger partial charge < -0.3 is 20.1 Å². The molecule has 0 aromatic heterocycles. The summed E-state index contributed by atoms with van der Waals surface area (Å²) >= 11 is 11.2. The summed E-state index contributed by atoms with van der Waals surface area (Å²) in [5.41, 5.74) is 1.96. The fourth-order valence-corrected chi connectivity index (χ4v) is 2.58. The topological polar surface area (TPSA) is 42.5 Å². The Bertz CT molecular complexity index is 691. The predicted molar refractivity (Wildman–Crippen MR) is 91.8 cm³/mol. The summed E-state index contributed by atoms with van der Waals surface area (Å²) in [7, 11) is 0. The highest BCUT2D eigenvalue weighted by Crippen LogP contribution is 2.34. The summed E-state index contributed by atoms with van der Waals surface area (Å²) < 4.78 is 10.7.